The molecule has 0 saturated heterocycles. The van der Waals surface area contributed by atoms with Crippen LogP contribution >= 0.6 is 15.9 Å². The van der Waals surface area contributed by atoms with E-state index in [1.807, 2.05) is 56.3 Å². The topological polar surface area (TPSA) is 50.7 Å². The maximum Gasteiger partial charge on any atom is 0.265 e. The van der Waals surface area contributed by atoms with E-state index < -0.39 is 0 Å². The number of anilines is 1. The number of aryl methyl sites for hydroxylation is 2. The van der Waals surface area contributed by atoms with Gasteiger partial charge in [0.15, 0.2) is 6.61 Å². The van der Waals surface area contributed by atoms with E-state index in [2.05, 4.69) is 26.4 Å². The van der Waals surface area contributed by atoms with Gasteiger partial charge in [-0.05, 0) is 48.7 Å². The van der Waals surface area contributed by atoms with E-state index >= 15 is 0 Å². The van der Waals surface area contributed by atoms with E-state index in [0.29, 0.717) is 0 Å². The van der Waals surface area contributed by atoms with Crippen molar-refractivity contribution < 1.29 is 9.63 Å². The summed E-state index contributed by atoms with van der Waals surface area (Å²) in [5.41, 5.74) is 3.85. The molecule has 0 atom stereocenters. The number of nitrogens with one attached hydrogen (secondary N) is 1. The quantitative estimate of drug-likeness (QED) is 0.645. The molecule has 0 bridgehead atoms. The number of hydrogen-bond acceptors (Lipinski definition) is 3. The number of benzene rings is 2. The van der Waals surface area contributed by atoms with Gasteiger partial charge in [-0.25, -0.2) is 0 Å². The summed E-state index contributed by atoms with van der Waals surface area (Å²) in [5.74, 6) is -0.247. The molecule has 1 N–H and O–H groups in total. The fourth-order valence-corrected chi connectivity index (χ4v) is 2.09. The van der Waals surface area contributed by atoms with Crippen molar-refractivity contribution in [1.82, 2.24) is 0 Å². The van der Waals surface area contributed by atoms with Gasteiger partial charge >= 0.3 is 0 Å². The Balaban J connectivity index is 1.83. The first-order chi connectivity index (χ1) is 10.6. The maximum atomic E-state index is 11.8. The van der Waals surface area contributed by atoms with Crippen LogP contribution in [0, 0.1) is 13.8 Å². The molecule has 0 spiro atoms. The zero-order chi connectivity index (χ0) is 15.9. The van der Waals surface area contributed by atoms with Crippen LogP contribution in [0.2, 0.25) is 0 Å². The van der Waals surface area contributed by atoms with Crippen LogP contribution in [0.25, 0.3) is 0 Å². The second-order valence-electron chi connectivity index (χ2n) is 4.88. The van der Waals surface area contributed by atoms with Crippen molar-refractivity contribution in [2.45, 2.75) is 13.8 Å². The summed E-state index contributed by atoms with van der Waals surface area (Å²) in [6.07, 6.45) is 1.60. The van der Waals surface area contributed by atoms with E-state index in [4.69, 9.17) is 4.84 Å². The molecule has 2 aromatic carbocycles. The van der Waals surface area contributed by atoms with Gasteiger partial charge in [0.2, 0.25) is 0 Å². The maximum absolute atomic E-state index is 11.8. The Bertz CT molecular complexity index is 699. The number of amides is 1. The van der Waals surface area contributed by atoms with Gasteiger partial charge in [0.1, 0.15) is 0 Å². The molecule has 5 heteroatoms. The van der Waals surface area contributed by atoms with Gasteiger partial charge in [-0.1, -0.05) is 45.4 Å². The van der Waals surface area contributed by atoms with E-state index in [1.165, 1.54) is 0 Å². The fourth-order valence-electron chi connectivity index (χ4n) is 1.84. The summed E-state index contributed by atoms with van der Waals surface area (Å²) in [4.78, 5) is 16.8. The van der Waals surface area contributed by atoms with Gasteiger partial charge in [-0.3, -0.25) is 4.79 Å². The summed E-state index contributed by atoms with van der Waals surface area (Å²) in [6.45, 7) is 3.82. The molecule has 114 valence electrons. The Labute approximate surface area is 138 Å². The van der Waals surface area contributed by atoms with Crippen molar-refractivity contribution >= 4 is 33.7 Å². The minimum Gasteiger partial charge on any atom is -0.386 e. The standard InChI is InChI=1S/C17H17BrN2O2/c1-12-5-3-4-6-14(12)10-19-22-11-17(21)20-15-7-8-16(18)13(2)9-15/h3-10H,11H2,1-2H3,(H,20,21)/b19-10+. The molecule has 0 fully saturated rings. The van der Waals surface area contributed by atoms with Gasteiger partial charge in [0.05, 0.1) is 6.21 Å². The molecule has 2 aromatic rings. The first-order valence-electron chi connectivity index (χ1n) is 6.83. The molecule has 0 saturated carbocycles. The first kappa shape index (κ1) is 16.2. The van der Waals surface area contributed by atoms with Crippen LogP contribution in [0.5, 0.6) is 0 Å². The van der Waals surface area contributed by atoms with Crippen LogP contribution < -0.4 is 5.32 Å². The molecule has 1 amide bonds. The lowest BCUT2D eigenvalue weighted by Crippen LogP contribution is -2.17. The number of carbonyl (C=O) groups excluding carboxylic acids is 1. The molecule has 2 rings (SSSR count). The van der Waals surface area contributed by atoms with Gasteiger partial charge in [0.25, 0.3) is 5.91 Å². The highest BCUT2D eigenvalue weighted by Gasteiger charge is 2.04. The minimum absolute atomic E-state index is 0.127. The summed E-state index contributed by atoms with van der Waals surface area (Å²) < 4.78 is 1.00. The smallest absolute Gasteiger partial charge is 0.265 e. The highest BCUT2D eigenvalue weighted by Crippen LogP contribution is 2.19. The van der Waals surface area contributed by atoms with Gasteiger partial charge in [-0.15, -0.1) is 0 Å². The van der Waals surface area contributed by atoms with Crippen LogP contribution in [0.4, 0.5) is 5.69 Å². The Hall–Kier alpha value is -2.14. The van der Waals surface area contributed by atoms with Gasteiger partial charge < -0.3 is 10.2 Å². The molecule has 22 heavy (non-hydrogen) atoms. The van der Waals surface area contributed by atoms with Crippen molar-refractivity contribution in [2.24, 2.45) is 5.16 Å². The van der Waals surface area contributed by atoms with E-state index in [0.717, 1.165) is 26.9 Å². The van der Waals surface area contributed by atoms with E-state index in [9.17, 15) is 4.79 Å². The summed E-state index contributed by atoms with van der Waals surface area (Å²) in [5, 5.41) is 6.58. The molecule has 0 radical (unpaired) electrons. The predicted molar refractivity (Wildman–Crippen MR) is 92.2 cm³/mol. The molecule has 0 aliphatic rings. The SMILES string of the molecule is Cc1cc(NC(=O)CO/N=C/c2ccccc2C)ccc1Br. The summed E-state index contributed by atoms with van der Waals surface area (Å²) in [6, 6.07) is 13.4. The number of hydrogen-bond donors (Lipinski definition) is 1. The number of nitrogens with zero attached hydrogens (tertiary/aromatic N) is 1. The molecule has 0 aromatic heterocycles. The average Bonchev–Trinajstić information content (AvgIpc) is 2.49. The van der Waals surface area contributed by atoms with Crippen LogP contribution in [-0.4, -0.2) is 18.7 Å². The highest BCUT2D eigenvalue weighted by molar-refractivity contribution is 9.10. The van der Waals surface area contributed by atoms with E-state index in [1.54, 1.807) is 6.21 Å². The fraction of sp³-hybridized carbons (Fsp3) is 0.176. The van der Waals surface area contributed by atoms with Crippen molar-refractivity contribution in [3.8, 4) is 0 Å². The monoisotopic (exact) mass is 360 g/mol. The highest BCUT2D eigenvalue weighted by atomic mass is 79.9. The molecule has 4 nitrogen and oxygen atoms in total. The Morgan fingerprint density at radius 1 is 1.23 bits per heavy atom. The zero-order valence-corrected chi connectivity index (χ0v) is 14.1. The number of carbonyl (C=O) groups is 1. The summed E-state index contributed by atoms with van der Waals surface area (Å²) in [7, 11) is 0. The van der Waals surface area contributed by atoms with Crippen LogP contribution in [0.15, 0.2) is 52.1 Å². The minimum atomic E-state index is -0.247. The van der Waals surface area contributed by atoms with Gasteiger partial charge in [-0.2, -0.15) is 0 Å². The predicted octanol–water partition coefficient (Wildman–Crippen LogP) is 4.06. The molecule has 0 heterocycles. The van der Waals surface area contributed by atoms with Crippen LogP contribution in [0.3, 0.4) is 0 Å². The first-order valence-corrected chi connectivity index (χ1v) is 7.62. The third-order valence-electron chi connectivity index (χ3n) is 3.09. The van der Waals surface area contributed by atoms with E-state index in [-0.39, 0.29) is 12.5 Å². The average molecular weight is 361 g/mol. The molecule has 0 unspecified atom stereocenters. The second kappa shape index (κ2) is 7.75. The normalized spacial score (nSPS) is 10.7. The largest absolute Gasteiger partial charge is 0.386 e. The van der Waals surface area contributed by atoms with Crippen molar-refractivity contribution in [3.63, 3.8) is 0 Å². The second-order valence-corrected chi connectivity index (χ2v) is 5.73. The van der Waals surface area contributed by atoms with Crippen LogP contribution in [-0.2, 0) is 9.63 Å². The molecule has 0 aliphatic heterocycles. The van der Waals surface area contributed by atoms with Crippen molar-refractivity contribution in [1.29, 1.82) is 0 Å². The van der Waals surface area contributed by atoms with Gasteiger partial charge in [0, 0.05) is 10.2 Å². The number of oxime groups is 1. The zero-order valence-electron chi connectivity index (χ0n) is 12.5. The van der Waals surface area contributed by atoms with Crippen molar-refractivity contribution in [3.05, 3.63) is 63.6 Å². The molecule has 0 aliphatic carbocycles. The third-order valence-corrected chi connectivity index (χ3v) is 3.98. The number of rotatable bonds is 5. The Kier molecular flexibility index (Phi) is 5.72. The lowest BCUT2D eigenvalue weighted by Gasteiger charge is -2.06. The number of halogens is 1. The molecular weight excluding hydrogens is 344 g/mol. The Morgan fingerprint density at radius 2 is 2.00 bits per heavy atom. The van der Waals surface area contributed by atoms with Crippen LogP contribution in [0.1, 0.15) is 16.7 Å². The third kappa shape index (κ3) is 4.70. The lowest BCUT2D eigenvalue weighted by atomic mass is 10.1. The van der Waals surface area contributed by atoms with Crippen molar-refractivity contribution in [2.75, 3.05) is 11.9 Å². The lowest BCUT2D eigenvalue weighted by molar-refractivity contribution is -0.120. The summed E-state index contributed by atoms with van der Waals surface area (Å²) >= 11 is 3.42. The molecular formula is C17H17BrN2O2. The Morgan fingerprint density at radius 3 is 2.73 bits per heavy atom.